The Balaban J connectivity index is 0.00000621. The van der Waals surface area contributed by atoms with Crippen molar-refractivity contribution in [3.63, 3.8) is 0 Å². The number of aliphatic hydroxyl groups is 1. The van der Waals surface area contributed by atoms with E-state index in [4.69, 9.17) is 66.6 Å². The highest BCUT2D eigenvalue weighted by atomic mass is 19.4. The number of carboxylic acids is 2. The summed E-state index contributed by atoms with van der Waals surface area (Å²) in [5.41, 5.74) is 52.1. The molecule has 0 unspecified atom stereocenters. The number of hydrogen-bond donors (Lipinski definition) is 25. The number of amides is 12. The Labute approximate surface area is 665 Å². The number of guanidine groups is 3. The molecule has 34 N–H and O–H groups in total. The van der Waals surface area contributed by atoms with Gasteiger partial charge in [-0.25, -0.2) is 4.79 Å². The molecule has 0 aromatic heterocycles. The second-order valence-electron chi connectivity index (χ2n) is 26.2. The Bertz CT molecular complexity index is 3760. The number of alkyl halides is 3. The van der Waals surface area contributed by atoms with Gasteiger partial charge >= 0.3 is 18.1 Å². The third-order valence-corrected chi connectivity index (χ3v) is 16.5. The molecule has 642 valence electrons. The van der Waals surface area contributed by atoms with Gasteiger partial charge in [0.2, 0.25) is 70.9 Å². The van der Waals surface area contributed by atoms with Crippen LogP contribution in [0.25, 0.3) is 0 Å². The van der Waals surface area contributed by atoms with E-state index in [2.05, 4.69) is 78.8 Å². The first-order valence-corrected chi connectivity index (χ1v) is 36.7. The highest BCUT2D eigenvalue weighted by molar-refractivity contribution is 5.99. The molecule has 42 nitrogen and oxygen atoms in total. The maximum Gasteiger partial charge on any atom is 0.490 e. The van der Waals surface area contributed by atoms with E-state index in [1.807, 2.05) is 0 Å². The van der Waals surface area contributed by atoms with Crippen LogP contribution in [0.3, 0.4) is 0 Å². The summed E-state index contributed by atoms with van der Waals surface area (Å²) in [5.74, 6) is -15.7. The number of phenolic OH excluding ortho intramolecular Hbond substituents is 1. The normalized spacial score (nSPS) is 13.4. The lowest BCUT2D eigenvalue weighted by molar-refractivity contribution is -0.192. The number of aliphatic imine (C=N–C) groups is 3. The van der Waals surface area contributed by atoms with E-state index in [0.29, 0.717) is 29.5 Å². The SMILES string of the molecule is C[C@H](N)C(=O)N[C@@H](CCCN=C(N)N)C(=O)N[C@@H](CCCN=C(N)N)C(=O)N[C@@H](CCCCN)C(=O)N[C@@H](CCCN=C(N)N)C(=O)N[C@@H](CCCCN)C(=O)NCC(=O)N[C@@H](CO)C(=O)N[C@@H](Cc1ccccc1)C(=O)N[C@@H](Cc1ccccc1)C(=O)N[C@@H](Cc1ccc(O)cc1)C(=O)NCC(=O)NCC(=O)O.O=C(O)C(F)(F)F. The third kappa shape index (κ3) is 42.4. The molecule has 0 radical (unpaired) electrons. The number of carboxylic acid groups (broad SMARTS) is 2. The largest absolute Gasteiger partial charge is 0.508 e. The van der Waals surface area contributed by atoms with Gasteiger partial charge in [0.05, 0.1) is 25.7 Å². The number of aliphatic hydroxyl groups excluding tert-OH is 1. The van der Waals surface area contributed by atoms with Crippen LogP contribution < -0.4 is 115 Å². The lowest BCUT2D eigenvalue weighted by Crippen LogP contribution is -2.60. The molecule has 0 aliphatic carbocycles. The van der Waals surface area contributed by atoms with Gasteiger partial charge in [-0.2, -0.15) is 13.2 Å². The van der Waals surface area contributed by atoms with Crippen molar-refractivity contribution >= 4 is 101 Å². The Morgan fingerprint density at radius 2 is 0.672 bits per heavy atom. The molecule has 0 aliphatic heterocycles. The van der Waals surface area contributed by atoms with Crippen LogP contribution in [0.5, 0.6) is 5.75 Å². The highest BCUT2D eigenvalue weighted by Gasteiger charge is 2.39. The van der Waals surface area contributed by atoms with Crippen molar-refractivity contribution in [3.05, 3.63) is 102 Å². The first-order valence-electron chi connectivity index (χ1n) is 36.7. The Kier molecular flexibility index (Phi) is 46.6. The second kappa shape index (κ2) is 54.2. The molecule has 0 saturated carbocycles. The molecule has 0 aliphatic rings. The molecule has 0 bridgehead atoms. The fraction of sp³-hybridized carbons (Fsp3) is 0.507. The van der Waals surface area contributed by atoms with Crippen molar-refractivity contribution in [3.8, 4) is 5.75 Å². The number of carbonyl (C=O) groups is 14. The van der Waals surface area contributed by atoms with Gasteiger partial charge < -0.3 is 136 Å². The van der Waals surface area contributed by atoms with Crippen LogP contribution in [0, 0.1) is 0 Å². The molecule has 0 spiro atoms. The summed E-state index contributed by atoms with van der Waals surface area (Å²) in [6.07, 6.45) is -4.40. The van der Waals surface area contributed by atoms with Gasteiger partial charge in [-0.15, -0.1) is 0 Å². The standard InChI is InChI=1S/C69H108N24O16.C2HF3O2/c1-40(72)57(100)86-47(21-12-30-79-67(73)74)61(104)90-49(23-14-32-81-69(77)78)63(106)88-46(20-9-11-29-71)60(103)89-48(22-13-31-80-68(75)76)62(105)87-45(19-8-10-28-70)58(101)84-37-55(97)85-53(39-94)66(109)93-52(34-42-17-6-3-7-18-42)65(108)92-51(33-41-15-4-2-5-16-41)64(107)91-50(35-43-24-26-44(95)27-25-43)59(102)83-36-54(96)82-38-56(98)99;3-2(4,5)1(6)7/h2-7,15-18,24-27,40,45-53,94-95H,8-14,19-23,28-39,70-72H2,1H3,(H,82,96)(H,83,102)(H,84,101)(H,85,97)(H,86,100)(H,87,105)(H,88,106)(H,89,103)(H,90,104)(H,91,107)(H,92,108)(H,93,109)(H,98,99)(H4,73,74,79)(H4,75,76,80)(H4,77,78,81);(H,6,7)/t40-,45-,46-,47-,48-,49-,50-,51-,52-,53-;/m0./s1. The lowest BCUT2D eigenvalue weighted by atomic mass is 10.0. The fourth-order valence-electron chi connectivity index (χ4n) is 10.5. The van der Waals surface area contributed by atoms with Gasteiger partial charge in [-0.05, 0) is 126 Å². The van der Waals surface area contributed by atoms with Crippen LogP contribution in [-0.4, -0.2) is 247 Å². The molecule has 12 amide bonds. The lowest BCUT2D eigenvalue weighted by Gasteiger charge is -2.27. The number of nitrogens with zero attached hydrogens (tertiary/aromatic N) is 3. The second-order valence-corrected chi connectivity index (χ2v) is 26.2. The summed E-state index contributed by atoms with van der Waals surface area (Å²) >= 11 is 0. The summed E-state index contributed by atoms with van der Waals surface area (Å²) in [5, 5.41) is 66.9. The maximum absolute atomic E-state index is 14.6. The molecule has 0 heterocycles. The number of aliphatic carboxylic acids is 2. The molecule has 3 aromatic carbocycles. The van der Waals surface area contributed by atoms with Crippen molar-refractivity contribution in [2.24, 2.45) is 66.6 Å². The van der Waals surface area contributed by atoms with Crippen LogP contribution in [0.2, 0.25) is 0 Å². The molecule has 10 atom stereocenters. The first kappa shape index (κ1) is 99.6. The molecule has 0 fully saturated rings. The van der Waals surface area contributed by atoms with Crippen LogP contribution in [0.4, 0.5) is 13.2 Å². The number of phenols is 1. The maximum atomic E-state index is 14.6. The molecular weight excluding hydrogens is 1530 g/mol. The van der Waals surface area contributed by atoms with Gasteiger partial charge in [0.1, 0.15) is 66.7 Å². The number of carbonyl (C=O) groups excluding carboxylic acids is 12. The van der Waals surface area contributed by atoms with Gasteiger partial charge in [0.25, 0.3) is 0 Å². The fourth-order valence-corrected chi connectivity index (χ4v) is 10.5. The zero-order valence-electron chi connectivity index (χ0n) is 64.0. The zero-order valence-corrected chi connectivity index (χ0v) is 64.0. The van der Waals surface area contributed by atoms with Gasteiger partial charge in [-0.3, -0.25) is 77.3 Å². The van der Waals surface area contributed by atoms with Crippen molar-refractivity contribution in [2.45, 2.75) is 170 Å². The van der Waals surface area contributed by atoms with Crippen molar-refractivity contribution in [1.29, 1.82) is 0 Å². The van der Waals surface area contributed by atoms with E-state index >= 15 is 0 Å². The van der Waals surface area contributed by atoms with Crippen LogP contribution in [0.1, 0.15) is 101 Å². The monoisotopic (exact) mass is 1640 g/mol. The number of unbranched alkanes of at least 4 members (excludes halogenated alkanes) is 2. The number of halogens is 3. The van der Waals surface area contributed by atoms with E-state index in [0.717, 1.165) is 0 Å². The zero-order chi connectivity index (χ0) is 86.9. The van der Waals surface area contributed by atoms with E-state index in [9.17, 15) is 85.7 Å². The smallest absolute Gasteiger partial charge is 0.490 e. The summed E-state index contributed by atoms with van der Waals surface area (Å²) in [4.78, 5) is 199. The topological polar surface area (TPSA) is 736 Å². The van der Waals surface area contributed by atoms with E-state index in [-0.39, 0.29) is 140 Å². The predicted molar refractivity (Wildman–Crippen MR) is 416 cm³/mol. The summed E-state index contributed by atoms with van der Waals surface area (Å²) in [6, 6.07) is 8.12. The van der Waals surface area contributed by atoms with Crippen LogP contribution in [0.15, 0.2) is 99.9 Å². The van der Waals surface area contributed by atoms with Gasteiger partial charge in [-0.1, -0.05) is 72.8 Å². The summed E-state index contributed by atoms with van der Waals surface area (Å²) in [6.45, 7) is -1.50. The minimum Gasteiger partial charge on any atom is -0.508 e. The van der Waals surface area contributed by atoms with Crippen molar-refractivity contribution in [2.75, 3.05) is 59.0 Å². The number of benzene rings is 3. The average Bonchev–Trinajstić information content (AvgIpc) is 0.852. The highest BCUT2D eigenvalue weighted by Crippen LogP contribution is 2.16. The van der Waals surface area contributed by atoms with Gasteiger partial charge in [0, 0.05) is 38.9 Å². The summed E-state index contributed by atoms with van der Waals surface area (Å²) < 4.78 is 31.7. The van der Waals surface area contributed by atoms with Crippen LogP contribution >= 0.6 is 0 Å². The summed E-state index contributed by atoms with van der Waals surface area (Å²) in [7, 11) is 0. The van der Waals surface area contributed by atoms with Gasteiger partial charge in [0.15, 0.2) is 17.9 Å². The van der Waals surface area contributed by atoms with E-state index in [1.165, 1.54) is 31.2 Å². The number of nitrogens with one attached hydrogen (secondary N) is 12. The number of aromatic hydroxyl groups is 1. The van der Waals surface area contributed by atoms with Crippen molar-refractivity contribution < 1.29 is 101 Å². The first-order chi connectivity index (χ1) is 54.9. The van der Waals surface area contributed by atoms with Crippen molar-refractivity contribution in [1.82, 2.24) is 63.8 Å². The van der Waals surface area contributed by atoms with Crippen LogP contribution in [-0.2, 0) is 86.4 Å². The van der Waals surface area contributed by atoms with E-state index in [1.54, 1.807) is 60.7 Å². The minimum absolute atomic E-state index is 0.000472. The predicted octanol–water partition coefficient (Wildman–Crippen LogP) is -7.39. The number of nitrogens with two attached hydrogens (primary N) is 9. The Hall–Kier alpha value is -12.5. The average molecular weight is 1640 g/mol. The molecule has 3 rings (SSSR count). The Morgan fingerprint density at radius 3 is 1.00 bits per heavy atom. The van der Waals surface area contributed by atoms with E-state index < -0.39 is 176 Å². The quantitative estimate of drug-likeness (QED) is 0.0142. The molecular formula is C71H109F3N24O18. The Morgan fingerprint density at radius 1 is 0.379 bits per heavy atom. The molecule has 3 aromatic rings. The molecule has 45 heteroatoms. The molecule has 0 saturated heterocycles. The number of hydrogen-bond acceptors (Lipinski definition) is 22. The number of rotatable bonds is 52. The molecule has 116 heavy (non-hydrogen) atoms. The third-order valence-electron chi connectivity index (χ3n) is 16.5. The minimum atomic E-state index is -5.08.